The summed E-state index contributed by atoms with van der Waals surface area (Å²) in [5, 5.41) is 0. The molecule has 3 heterocycles. The fourth-order valence-corrected chi connectivity index (χ4v) is 3.77. The first-order valence-electron chi connectivity index (χ1n) is 12.3. The molecule has 1 saturated heterocycles. The van der Waals surface area contributed by atoms with Gasteiger partial charge in [0, 0.05) is 13.2 Å². The van der Waals surface area contributed by atoms with Crippen molar-refractivity contribution in [3.05, 3.63) is 72.8 Å². The summed E-state index contributed by atoms with van der Waals surface area (Å²) in [7, 11) is 9.47. The van der Waals surface area contributed by atoms with E-state index in [0.29, 0.717) is 12.9 Å². The van der Waals surface area contributed by atoms with Crippen LogP contribution in [0.1, 0.15) is 63.5 Å². The van der Waals surface area contributed by atoms with Crippen molar-refractivity contribution in [3.63, 3.8) is 0 Å². The summed E-state index contributed by atoms with van der Waals surface area (Å²) in [6.45, 7) is 10.5. The zero-order valence-electron chi connectivity index (χ0n) is 21.3. The Morgan fingerprint density at radius 1 is 0.833 bits per heavy atom. The molecule has 0 saturated carbocycles. The molecule has 1 aromatic carbocycles. The maximum atomic E-state index is 4.94. The summed E-state index contributed by atoms with van der Waals surface area (Å²) in [6.07, 6.45) is 20.6. The molecule has 0 radical (unpaired) electrons. The van der Waals surface area contributed by atoms with Crippen molar-refractivity contribution < 1.29 is 51.6 Å². The van der Waals surface area contributed by atoms with Gasteiger partial charge in [-0.05, 0) is 42.9 Å². The molecule has 3 aromatic rings. The molecule has 10 heteroatoms. The molecule has 0 spiro atoms. The van der Waals surface area contributed by atoms with Gasteiger partial charge in [-0.15, -0.1) is 0 Å². The molecule has 1 fully saturated rings. The molecule has 1 aliphatic rings. The molecule has 1 aliphatic heterocycles. The van der Waals surface area contributed by atoms with Crippen LogP contribution in [0.2, 0.25) is 0 Å². The van der Waals surface area contributed by atoms with Crippen LogP contribution in [0.15, 0.2) is 61.7 Å². The molecule has 0 aliphatic carbocycles. The molecule has 0 bridgehead atoms. The van der Waals surface area contributed by atoms with E-state index in [2.05, 4.69) is 93.8 Å². The Balaban J connectivity index is 0.00000106. The summed E-state index contributed by atoms with van der Waals surface area (Å²) in [4.78, 5) is 0. The van der Waals surface area contributed by atoms with Crippen molar-refractivity contribution in [3.8, 4) is 0 Å². The Hall–Kier alpha value is -0.734. The van der Waals surface area contributed by atoms with Gasteiger partial charge in [0.2, 0.25) is 12.7 Å². The Labute approximate surface area is 244 Å². The maximum absolute atomic E-state index is 4.94. The first kappa shape index (κ1) is 35.3. The molecule has 5 nitrogen and oxygen atoms in total. The van der Waals surface area contributed by atoms with E-state index in [0.717, 1.165) is 39.4 Å². The quantitative estimate of drug-likeness (QED) is 0.286. The van der Waals surface area contributed by atoms with Crippen LogP contribution in [-0.2, 0) is 43.8 Å². The van der Waals surface area contributed by atoms with Gasteiger partial charge in [0.15, 0.2) is 0 Å². The summed E-state index contributed by atoms with van der Waals surface area (Å²) in [5.41, 5.74) is 2.71. The van der Waals surface area contributed by atoms with Gasteiger partial charge in [-0.1, -0.05) is 44.9 Å². The monoisotopic (exact) mass is 623 g/mol. The molecule has 0 unspecified atom stereocenters. The zero-order valence-corrected chi connectivity index (χ0v) is 25.4. The molecule has 0 N–H and O–H groups in total. The van der Waals surface area contributed by atoms with Crippen LogP contribution >= 0.6 is 20.3 Å². The van der Waals surface area contributed by atoms with Crippen molar-refractivity contribution >= 4 is 20.3 Å². The summed E-state index contributed by atoms with van der Waals surface area (Å²) in [5.74, 6) is 0. The Bertz CT molecular complexity index is 848. The number of benzene rings is 1. The van der Waals surface area contributed by atoms with Crippen molar-refractivity contribution in [1.82, 2.24) is 9.13 Å². The SMILES string of the molecule is C1CCOC1.CCCCn1cc[n+](Cc2cccc(C[n+]3ccn(CCCC)c3)c2)c1.[Cl-].[Cl-].[Cl][Co+][Cl]. The number of ether oxygens (including phenoxy) is 1. The number of aromatic nitrogens is 4. The number of nitrogens with zero attached hydrogens (tertiary/aromatic N) is 4. The Morgan fingerprint density at radius 3 is 1.64 bits per heavy atom. The van der Waals surface area contributed by atoms with Crippen molar-refractivity contribution in [2.75, 3.05) is 13.2 Å². The number of imidazole rings is 2. The molecule has 2 aromatic heterocycles. The second-order valence-corrected chi connectivity index (χ2v) is 10.3. The van der Waals surface area contributed by atoms with Crippen LogP contribution in [0.25, 0.3) is 0 Å². The number of rotatable bonds is 10. The second-order valence-electron chi connectivity index (χ2n) is 8.54. The average Bonchev–Trinajstić information content (AvgIpc) is 3.62. The standard InChI is InChI=1S/C22H32N4.C4H8O.4ClH.Co/c1-3-5-10-23-12-14-25(19-23)17-21-8-7-9-22(16-21)18-26-15-13-24(20-26)11-6-4-2;1-2-4-5-3-1;;;;;/h7-9,12-16,19-20H,3-6,10-11,17-18H2,1-2H3;1-4H2;4*1H;/q+2;;;;;;+3/p-4. The van der Waals surface area contributed by atoms with Gasteiger partial charge >= 0.3 is 33.2 Å². The number of unbranched alkanes of at least 4 members (excludes halogenated alkanes) is 2. The van der Waals surface area contributed by atoms with E-state index in [9.17, 15) is 0 Å². The summed E-state index contributed by atoms with van der Waals surface area (Å²) >= 11 is 0.382. The third kappa shape index (κ3) is 14.9. The predicted molar refractivity (Wildman–Crippen MR) is 135 cm³/mol. The normalized spacial score (nSPS) is 12.0. The van der Waals surface area contributed by atoms with Gasteiger partial charge in [0.1, 0.15) is 37.9 Å². The van der Waals surface area contributed by atoms with Crippen LogP contribution in [0, 0.1) is 0 Å². The molecular weight excluding hydrogens is 585 g/mol. The van der Waals surface area contributed by atoms with E-state index in [1.807, 2.05) is 0 Å². The van der Waals surface area contributed by atoms with Crippen molar-refractivity contribution in [2.45, 2.75) is 78.6 Å². The van der Waals surface area contributed by atoms with E-state index >= 15 is 0 Å². The van der Waals surface area contributed by atoms with Gasteiger partial charge in [0.25, 0.3) is 0 Å². The predicted octanol–water partition coefficient (Wildman–Crippen LogP) is -0.257. The second kappa shape index (κ2) is 22.3. The average molecular weight is 625 g/mol. The van der Waals surface area contributed by atoms with Crippen LogP contribution in [0.3, 0.4) is 0 Å². The van der Waals surface area contributed by atoms with Crippen LogP contribution in [0.5, 0.6) is 0 Å². The minimum absolute atomic E-state index is 0. The topological polar surface area (TPSA) is 26.8 Å². The Kier molecular flexibility index (Phi) is 21.8. The van der Waals surface area contributed by atoms with Crippen LogP contribution in [-0.4, -0.2) is 22.3 Å². The van der Waals surface area contributed by atoms with Gasteiger partial charge in [-0.3, -0.25) is 0 Å². The number of hydrogen-bond donors (Lipinski definition) is 0. The molecule has 4 rings (SSSR count). The summed E-state index contributed by atoms with van der Waals surface area (Å²) < 4.78 is 14.0. The first-order valence-corrected chi connectivity index (χ1v) is 15.1. The number of aryl methyl sites for hydroxylation is 2. The van der Waals surface area contributed by atoms with Crippen LogP contribution in [0.4, 0.5) is 0 Å². The van der Waals surface area contributed by atoms with Crippen molar-refractivity contribution in [1.29, 1.82) is 0 Å². The number of halogens is 4. The third-order valence-corrected chi connectivity index (χ3v) is 5.58. The summed E-state index contributed by atoms with van der Waals surface area (Å²) in [6, 6.07) is 8.94. The zero-order chi connectivity index (χ0) is 24.4. The fraction of sp³-hybridized carbons (Fsp3) is 0.538. The van der Waals surface area contributed by atoms with E-state index in [4.69, 9.17) is 25.0 Å². The van der Waals surface area contributed by atoms with Gasteiger partial charge in [0.05, 0.1) is 13.1 Å². The molecule has 36 heavy (non-hydrogen) atoms. The van der Waals surface area contributed by atoms with E-state index in [1.165, 1.54) is 49.7 Å². The first-order chi connectivity index (χ1) is 16.7. The molecule has 0 amide bonds. The van der Waals surface area contributed by atoms with E-state index in [-0.39, 0.29) is 24.8 Å². The molecular formula is C26H40Cl4CoN4O+. The van der Waals surface area contributed by atoms with E-state index in [1.54, 1.807) is 0 Å². The minimum atomic E-state index is 0. The van der Waals surface area contributed by atoms with E-state index < -0.39 is 0 Å². The van der Waals surface area contributed by atoms with Crippen molar-refractivity contribution in [2.24, 2.45) is 0 Å². The molecule has 0 atom stereocenters. The number of hydrogen-bond acceptors (Lipinski definition) is 1. The Morgan fingerprint density at radius 2 is 1.28 bits per heavy atom. The van der Waals surface area contributed by atoms with Gasteiger partial charge in [-0.2, -0.15) is 0 Å². The van der Waals surface area contributed by atoms with Gasteiger partial charge < -0.3 is 29.6 Å². The van der Waals surface area contributed by atoms with Gasteiger partial charge in [-0.25, -0.2) is 18.3 Å². The molecule has 206 valence electrons. The van der Waals surface area contributed by atoms with Crippen LogP contribution < -0.4 is 33.9 Å². The fourth-order valence-electron chi connectivity index (χ4n) is 3.77. The third-order valence-electron chi connectivity index (χ3n) is 5.58.